The van der Waals surface area contributed by atoms with Crippen LogP contribution in [0.25, 0.3) is 6.08 Å². The van der Waals surface area contributed by atoms with Gasteiger partial charge >= 0.3 is 0 Å². The molecule has 1 heteroatoms. The van der Waals surface area contributed by atoms with Crippen molar-refractivity contribution in [1.29, 1.82) is 0 Å². The molecule has 1 nitrogen and oxygen atoms in total. The third kappa shape index (κ3) is 1.82. The summed E-state index contributed by atoms with van der Waals surface area (Å²) in [6, 6.07) is 6.54. The van der Waals surface area contributed by atoms with Gasteiger partial charge in [-0.25, -0.2) is 0 Å². The van der Waals surface area contributed by atoms with Crippen LogP contribution in [-0.2, 0) is 0 Å². The summed E-state index contributed by atoms with van der Waals surface area (Å²) in [6.07, 6.45) is 4.51. The summed E-state index contributed by atoms with van der Waals surface area (Å²) in [4.78, 5) is 0. The van der Waals surface area contributed by atoms with Crippen molar-refractivity contribution in [1.82, 2.24) is 0 Å². The fraction of sp³-hybridized carbons (Fsp3) is 0.385. The molecular weight excluding hydrogens is 170 g/mol. The van der Waals surface area contributed by atoms with E-state index in [0.717, 1.165) is 6.54 Å². The topological polar surface area (TPSA) is 12.0 Å². The fourth-order valence-corrected chi connectivity index (χ4v) is 1.68. The molecule has 0 fully saturated rings. The standard InChI is InChI=1S/C13H17N/c1-10-4-5-12-11(8-10)6-7-13(2,3)9-14-12/h4-8,14H,9H2,1-3H3. The van der Waals surface area contributed by atoms with Gasteiger partial charge in [-0.1, -0.05) is 37.6 Å². The maximum absolute atomic E-state index is 3.48. The van der Waals surface area contributed by atoms with Gasteiger partial charge in [0.25, 0.3) is 0 Å². The van der Waals surface area contributed by atoms with E-state index in [1.807, 2.05) is 0 Å². The fourth-order valence-electron chi connectivity index (χ4n) is 1.68. The summed E-state index contributed by atoms with van der Waals surface area (Å²) in [6.45, 7) is 7.62. The first-order valence-corrected chi connectivity index (χ1v) is 5.11. The highest BCUT2D eigenvalue weighted by Crippen LogP contribution is 2.28. The van der Waals surface area contributed by atoms with Gasteiger partial charge in [-0.3, -0.25) is 0 Å². The van der Waals surface area contributed by atoms with Crippen LogP contribution in [0.4, 0.5) is 5.69 Å². The molecule has 1 aliphatic rings. The SMILES string of the molecule is Cc1ccc2c(c1)C=CC(C)(C)CN2. The summed E-state index contributed by atoms with van der Waals surface area (Å²) < 4.78 is 0. The zero-order chi connectivity index (χ0) is 10.2. The van der Waals surface area contributed by atoms with Crippen LogP contribution in [0.1, 0.15) is 25.0 Å². The lowest BCUT2D eigenvalue weighted by molar-refractivity contribution is 0.517. The number of benzene rings is 1. The molecule has 1 aromatic rings. The van der Waals surface area contributed by atoms with Crippen LogP contribution in [0.15, 0.2) is 24.3 Å². The first-order valence-electron chi connectivity index (χ1n) is 5.11. The Kier molecular flexibility index (Phi) is 2.10. The van der Waals surface area contributed by atoms with Gasteiger partial charge in [0, 0.05) is 17.6 Å². The van der Waals surface area contributed by atoms with Crippen LogP contribution < -0.4 is 5.32 Å². The molecule has 1 aromatic carbocycles. The number of fused-ring (bicyclic) bond motifs is 1. The molecule has 0 radical (unpaired) electrons. The Balaban J connectivity index is 2.42. The van der Waals surface area contributed by atoms with Gasteiger partial charge in [-0.2, -0.15) is 0 Å². The molecule has 1 aliphatic heterocycles. The van der Waals surface area contributed by atoms with Crippen molar-refractivity contribution in [3.05, 3.63) is 35.4 Å². The Bertz CT molecular complexity index is 375. The molecule has 74 valence electrons. The van der Waals surface area contributed by atoms with E-state index in [-0.39, 0.29) is 5.41 Å². The van der Waals surface area contributed by atoms with Crippen LogP contribution in [0.3, 0.4) is 0 Å². The molecule has 0 unspecified atom stereocenters. The predicted octanol–water partition coefficient (Wildman–Crippen LogP) is 3.46. The van der Waals surface area contributed by atoms with E-state index in [1.54, 1.807) is 0 Å². The molecular formula is C13H17N. The maximum Gasteiger partial charge on any atom is 0.0414 e. The van der Waals surface area contributed by atoms with Crippen molar-refractivity contribution in [3.8, 4) is 0 Å². The minimum atomic E-state index is 0.243. The Hall–Kier alpha value is -1.24. The van der Waals surface area contributed by atoms with Gasteiger partial charge in [-0.05, 0) is 24.6 Å². The largest absolute Gasteiger partial charge is 0.384 e. The first-order chi connectivity index (χ1) is 6.57. The first kappa shape index (κ1) is 9.32. The van der Waals surface area contributed by atoms with Gasteiger partial charge in [0.1, 0.15) is 0 Å². The van der Waals surface area contributed by atoms with E-state index in [4.69, 9.17) is 0 Å². The highest BCUT2D eigenvalue weighted by Gasteiger charge is 2.16. The molecule has 0 amide bonds. The number of hydrogen-bond donors (Lipinski definition) is 1. The van der Waals surface area contributed by atoms with Gasteiger partial charge in [0.15, 0.2) is 0 Å². The summed E-state index contributed by atoms with van der Waals surface area (Å²) >= 11 is 0. The molecule has 1 N–H and O–H groups in total. The predicted molar refractivity (Wildman–Crippen MR) is 62.5 cm³/mol. The molecule has 14 heavy (non-hydrogen) atoms. The maximum atomic E-state index is 3.48. The van der Waals surface area contributed by atoms with Crippen LogP contribution >= 0.6 is 0 Å². The minimum Gasteiger partial charge on any atom is -0.384 e. The summed E-state index contributed by atoms with van der Waals surface area (Å²) in [5.74, 6) is 0. The van der Waals surface area contributed by atoms with E-state index in [1.165, 1.54) is 16.8 Å². The van der Waals surface area contributed by atoms with Crippen molar-refractivity contribution < 1.29 is 0 Å². The van der Waals surface area contributed by atoms with Crippen LogP contribution in [0, 0.1) is 12.3 Å². The average molecular weight is 187 g/mol. The molecule has 2 rings (SSSR count). The van der Waals surface area contributed by atoms with Gasteiger partial charge in [0.05, 0.1) is 0 Å². The van der Waals surface area contributed by atoms with E-state index >= 15 is 0 Å². The summed E-state index contributed by atoms with van der Waals surface area (Å²) in [5.41, 5.74) is 4.11. The third-order valence-electron chi connectivity index (χ3n) is 2.66. The van der Waals surface area contributed by atoms with Gasteiger partial charge in [0.2, 0.25) is 0 Å². The molecule has 0 atom stereocenters. The quantitative estimate of drug-likeness (QED) is 0.656. The second kappa shape index (κ2) is 3.16. The number of anilines is 1. The lowest BCUT2D eigenvalue weighted by Crippen LogP contribution is -2.19. The van der Waals surface area contributed by atoms with Crippen LogP contribution in [0.5, 0.6) is 0 Å². The number of rotatable bonds is 0. The Morgan fingerprint density at radius 1 is 1.29 bits per heavy atom. The third-order valence-corrected chi connectivity index (χ3v) is 2.66. The van der Waals surface area contributed by atoms with Crippen molar-refractivity contribution in [2.75, 3.05) is 11.9 Å². The van der Waals surface area contributed by atoms with Crippen LogP contribution in [0.2, 0.25) is 0 Å². The smallest absolute Gasteiger partial charge is 0.0414 e. The molecule has 0 saturated heterocycles. The Morgan fingerprint density at radius 2 is 2.07 bits per heavy atom. The normalized spacial score (nSPS) is 18.2. The Labute approximate surface area is 85.8 Å². The van der Waals surface area contributed by atoms with Crippen molar-refractivity contribution in [2.24, 2.45) is 5.41 Å². The molecule has 1 heterocycles. The Morgan fingerprint density at radius 3 is 2.86 bits per heavy atom. The summed E-state index contributed by atoms with van der Waals surface area (Å²) in [5, 5.41) is 3.48. The van der Waals surface area contributed by atoms with E-state index in [0.29, 0.717) is 0 Å². The van der Waals surface area contributed by atoms with Crippen LogP contribution in [-0.4, -0.2) is 6.54 Å². The second-order valence-corrected chi connectivity index (χ2v) is 4.77. The summed E-state index contributed by atoms with van der Waals surface area (Å²) in [7, 11) is 0. The van der Waals surface area contributed by atoms with Crippen molar-refractivity contribution in [3.63, 3.8) is 0 Å². The van der Waals surface area contributed by atoms with Gasteiger partial charge in [-0.15, -0.1) is 0 Å². The van der Waals surface area contributed by atoms with E-state index < -0.39 is 0 Å². The lowest BCUT2D eigenvalue weighted by atomic mass is 9.93. The van der Waals surface area contributed by atoms with Gasteiger partial charge < -0.3 is 5.32 Å². The highest BCUT2D eigenvalue weighted by atomic mass is 14.9. The zero-order valence-corrected chi connectivity index (χ0v) is 9.09. The van der Waals surface area contributed by atoms with Crippen molar-refractivity contribution >= 4 is 11.8 Å². The molecule has 0 spiro atoms. The minimum absolute atomic E-state index is 0.243. The lowest BCUT2D eigenvalue weighted by Gasteiger charge is -2.19. The molecule has 0 aromatic heterocycles. The van der Waals surface area contributed by atoms with E-state index in [2.05, 4.69) is 56.4 Å². The molecule has 0 aliphatic carbocycles. The van der Waals surface area contributed by atoms with E-state index in [9.17, 15) is 0 Å². The highest BCUT2D eigenvalue weighted by molar-refractivity contribution is 5.69. The zero-order valence-electron chi connectivity index (χ0n) is 9.09. The van der Waals surface area contributed by atoms with Crippen molar-refractivity contribution in [2.45, 2.75) is 20.8 Å². The number of hydrogen-bond acceptors (Lipinski definition) is 1. The second-order valence-electron chi connectivity index (χ2n) is 4.77. The average Bonchev–Trinajstić information content (AvgIpc) is 2.26. The number of nitrogens with one attached hydrogen (secondary N) is 1. The monoisotopic (exact) mass is 187 g/mol. The molecule has 0 saturated carbocycles. The molecule has 0 bridgehead atoms. The number of aryl methyl sites for hydroxylation is 1.